The molecule has 20 heavy (non-hydrogen) atoms. The van der Waals surface area contributed by atoms with Crippen LogP contribution in [0.2, 0.25) is 0 Å². The van der Waals surface area contributed by atoms with Crippen LogP contribution >= 0.6 is 0 Å². The van der Waals surface area contributed by atoms with E-state index in [0.717, 1.165) is 17.5 Å². The molecule has 1 rings (SSSR count). The van der Waals surface area contributed by atoms with Crippen molar-refractivity contribution in [2.45, 2.75) is 45.3 Å². The number of halogens is 3. The molecule has 0 aromatic heterocycles. The molecule has 0 heterocycles. The number of hydrogen-bond acceptors (Lipinski definition) is 2. The highest BCUT2D eigenvalue weighted by molar-refractivity contribution is 5.39. The first-order valence-electron chi connectivity index (χ1n) is 6.82. The molecular weight excluding hydrogens is 267 g/mol. The zero-order chi connectivity index (χ0) is 15.2. The first-order valence-corrected chi connectivity index (χ1v) is 6.82. The molecule has 114 valence electrons. The highest BCUT2D eigenvalue weighted by Gasteiger charge is 2.29. The molecule has 0 aliphatic heterocycles. The summed E-state index contributed by atoms with van der Waals surface area (Å²) >= 11 is 0. The third-order valence-corrected chi connectivity index (χ3v) is 3.12. The lowest BCUT2D eigenvalue weighted by Crippen LogP contribution is -2.24. The summed E-state index contributed by atoms with van der Waals surface area (Å²) in [7, 11) is 1.54. The Morgan fingerprint density at radius 3 is 2.55 bits per heavy atom. The van der Waals surface area contributed by atoms with Crippen LogP contribution in [0.1, 0.15) is 43.4 Å². The van der Waals surface area contributed by atoms with Crippen molar-refractivity contribution in [1.82, 2.24) is 5.32 Å². The molecule has 0 saturated carbocycles. The van der Waals surface area contributed by atoms with Gasteiger partial charge in [0.05, 0.1) is 7.11 Å². The standard InChI is InChI=1S/C15H22F3NO/c1-4-9-19-13(7-8-15(16,17)18)12-10-11(2)5-6-14(12)20-3/h5-6,10,13,19H,4,7-9H2,1-3H3. The van der Waals surface area contributed by atoms with Crippen LogP contribution in [0.15, 0.2) is 18.2 Å². The fraction of sp³-hybridized carbons (Fsp3) is 0.600. The third-order valence-electron chi connectivity index (χ3n) is 3.12. The van der Waals surface area contributed by atoms with E-state index in [0.29, 0.717) is 12.3 Å². The van der Waals surface area contributed by atoms with Crippen LogP contribution in [-0.2, 0) is 0 Å². The van der Waals surface area contributed by atoms with Gasteiger partial charge < -0.3 is 10.1 Å². The van der Waals surface area contributed by atoms with Gasteiger partial charge in [0, 0.05) is 18.0 Å². The lowest BCUT2D eigenvalue weighted by atomic mass is 9.98. The van der Waals surface area contributed by atoms with Gasteiger partial charge in [0.2, 0.25) is 0 Å². The summed E-state index contributed by atoms with van der Waals surface area (Å²) in [6, 6.07) is 5.25. The monoisotopic (exact) mass is 289 g/mol. The maximum atomic E-state index is 12.5. The Balaban J connectivity index is 2.94. The first-order chi connectivity index (χ1) is 9.37. The summed E-state index contributed by atoms with van der Waals surface area (Å²) in [4.78, 5) is 0. The summed E-state index contributed by atoms with van der Waals surface area (Å²) < 4.78 is 42.6. The Kier molecular flexibility index (Phi) is 6.33. The van der Waals surface area contributed by atoms with Crippen LogP contribution in [0.4, 0.5) is 13.2 Å². The average molecular weight is 289 g/mol. The van der Waals surface area contributed by atoms with Crippen molar-refractivity contribution in [2.24, 2.45) is 0 Å². The van der Waals surface area contributed by atoms with E-state index < -0.39 is 12.6 Å². The number of aryl methyl sites for hydroxylation is 1. The SMILES string of the molecule is CCCNC(CCC(F)(F)F)c1cc(C)ccc1OC. The van der Waals surface area contributed by atoms with E-state index in [1.54, 1.807) is 6.07 Å². The summed E-state index contributed by atoms with van der Waals surface area (Å²) in [6.45, 7) is 4.59. The number of methoxy groups -OCH3 is 1. The van der Waals surface area contributed by atoms with Crippen molar-refractivity contribution < 1.29 is 17.9 Å². The van der Waals surface area contributed by atoms with Crippen LogP contribution in [0.25, 0.3) is 0 Å². The Labute approximate surface area is 118 Å². The van der Waals surface area contributed by atoms with Gasteiger partial charge in [-0.25, -0.2) is 0 Å². The Hall–Kier alpha value is -1.23. The predicted molar refractivity (Wildman–Crippen MR) is 74.1 cm³/mol. The zero-order valence-corrected chi connectivity index (χ0v) is 12.2. The van der Waals surface area contributed by atoms with E-state index in [-0.39, 0.29) is 12.5 Å². The van der Waals surface area contributed by atoms with Crippen molar-refractivity contribution in [3.63, 3.8) is 0 Å². The van der Waals surface area contributed by atoms with Gasteiger partial charge in [-0.1, -0.05) is 24.6 Å². The van der Waals surface area contributed by atoms with Gasteiger partial charge in [0.25, 0.3) is 0 Å². The fourth-order valence-corrected chi connectivity index (χ4v) is 2.12. The quantitative estimate of drug-likeness (QED) is 0.804. The van der Waals surface area contributed by atoms with Crippen molar-refractivity contribution in [2.75, 3.05) is 13.7 Å². The second kappa shape index (κ2) is 7.53. The Morgan fingerprint density at radius 1 is 1.30 bits per heavy atom. The van der Waals surface area contributed by atoms with Crippen LogP contribution in [0.3, 0.4) is 0 Å². The number of hydrogen-bond donors (Lipinski definition) is 1. The molecule has 0 aliphatic rings. The van der Waals surface area contributed by atoms with Crippen molar-refractivity contribution >= 4 is 0 Å². The van der Waals surface area contributed by atoms with Gasteiger partial charge in [-0.3, -0.25) is 0 Å². The lowest BCUT2D eigenvalue weighted by molar-refractivity contribution is -0.136. The molecule has 0 spiro atoms. The normalized spacial score (nSPS) is 13.3. The van der Waals surface area contributed by atoms with Gasteiger partial charge >= 0.3 is 6.18 Å². The molecule has 0 aliphatic carbocycles. The predicted octanol–water partition coefficient (Wildman–Crippen LogP) is 4.39. The molecule has 1 aromatic rings. The van der Waals surface area contributed by atoms with E-state index in [4.69, 9.17) is 4.74 Å². The van der Waals surface area contributed by atoms with Crippen molar-refractivity contribution in [3.8, 4) is 5.75 Å². The molecule has 0 bridgehead atoms. The highest BCUT2D eigenvalue weighted by atomic mass is 19.4. The van der Waals surface area contributed by atoms with Gasteiger partial charge in [-0.05, 0) is 32.4 Å². The lowest BCUT2D eigenvalue weighted by Gasteiger charge is -2.22. The van der Waals surface area contributed by atoms with Crippen molar-refractivity contribution in [1.29, 1.82) is 0 Å². The van der Waals surface area contributed by atoms with Gasteiger partial charge in [-0.15, -0.1) is 0 Å². The number of nitrogens with one attached hydrogen (secondary N) is 1. The van der Waals surface area contributed by atoms with E-state index in [9.17, 15) is 13.2 Å². The summed E-state index contributed by atoms with van der Waals surface area (Å²) in [5.41, 5.74) is 1.81. The minimum absolute atomic E-state index is 0.0172. The first kappa shape index (κ1) is 16.8. The molecule has 1 N–H and O–H groups in total. The van der Waals surface area contributed by atoms with Crippen molar-refractivity contribution in [3.05, 3.63) is 29.3 Å². The minimum Gasteiger partial charge on any atom is -0.496 e. The maximum Gasteiger partial charge on any atom is 0.389 e. The second-order valence-corrected chi connectivity index (χ2v) is 4.91. The molecule has 1 aromatic carbocycles. The largest absolute Gasteiger partial charge is 0.496 e. The summed E-state index contributed by atoms with van der Waals surface area (Å²) in [6.07, 6.45) is -4.05. The van der Waals surface area contributed by atoms with Gasteiger partial charge in [-0.2, -0.15) is 13.2 Å². The highest BCUT2D eigenvalue weighted by Crippen LogP contribution is 2.32. The molecule has 5 heteroatoms. The molecular formula is C15H22F3NO. The average Bonchev–Trinajstić information content (AvgIpc) is 2.37. The molecule has 0 radical (unpaired) electrons. The molecule has 0 saturated heterocycles. The molecule has 2 nitrogen and oxygen atoms in total. The van der Waals surface area contributed by atoms with E-state index in [1.165, 1.54) is 7.11 Å². The molecule has 0 amide bonds. The summed E-state index contributed by atoms with van der Waals surface area (Å²) in [5, 5.41) is 3.18. The van der Waals surface area contributed by atoms with Gasteiger partial charge in [0.1, 0.15) is 5.75 Å². The Bertz CT molecular complexity index is 418. The van der Waals surface area contributed by atoms with E-state index >= 15 is 0 Å². The molecule has 0 fully saturated rings. The maximum absolute atomic E-state index is 12.5. The topological polar surface area (TPSA) is 21.3 Å². The number of rotatable bonds is 7. The number of alkyl halides is 3. The van der Waals surface area contributed by atoms with Crippen LogP contribution in [0, 0.1) is 6.92 Å². The van der Waals surface area contributed by atoms with Gasteiger partial charge in [0.15, 0.2) is 0 Å². The minimum atomic E-state index is -4.14. The zero-order valence-electron chi connectivity index (χ0n) is 12.2. The fourth-order valence-electron chi connectivity index (χ4n) is 2.12. The number of benzene rings is 1. The third kappa shape index (κ3) is 5.41. The smallest absolute Gasteiger partial charge is 0.389 e. The van der Waals surface area contributed by atoms with Crippen LogP contribution in [-0.4, -0.2) is 19.8 Å². The van der Waals surface area contributed by atoms with E-state index in [1.807, 2.05) is 26.0 Å². The second-order valence-electron chi connectivity index (χ2n) is 4.91. The summed E-state index contributed by atoms with van der Waals surface area (Å²) in [5.74, 6) is 0.631. The molecule has 1 unspecified atom stereocenters. The molecule has 1 atom stereocenters. The van der Waals surface area contributed by atoms with E-state index in [2.05, 4.69) is 5.32 Å². The Morgan fingerprint density at radius 2 is 2.00 bits per heavy atom. The number of ether oxygens (including phenoxy) is 1. The van der Waals surface area contributed by atoms with Crippen LogP contribution < -0.4 is 10.1 Å². The van der Waals surface area contributed by atoms with Crippen LogP contribution in [0.5, 0.6) is 5.75 Å².